The highest BCUT2D eigenvalue weighted by atomic mass is 16.6. The Hall–Kier alpha value is -1.12. The van der Waals surface area contributed by atoms with Crippen LogP contribution in [0.2, 0.25) is 0 Å². The third kappa shape index (κ3) is 1.90. The van der Waals surface area contributed by atoms with Gasteiger partial charge in [-0.3, -0.25) is 9.59 Å². The lowest BCUT2D eigenvalue weighted by Crippen LogP contribution is -2.27. The normalized spacial score (nSPS) is 24.5. The Morgan fingerprint density at radius 3 is 2.91 bits per heavy atom. The molecule has 0 amide bonds. The van der Waals surface area contributed by atoms with Crippen LogP contribution in [0.25, 0.3) is 0 Å². The van der Waals surface area contributed by atoms with Crippen LogP contribution in [-0.4, -0.2) is 11.9 Å². The SMILES string of the molecule is C=CCC1CCC(=O)OC1=O. The molecule has 1 rings (SSSR count). The summed E-state index contributed by atoms with van der Waals surface area (Å²) >= 11 is 0. The van der Waals surface area contributed by atoms with Crippen molar-refractivity contribution in [1.29, 1.82) is 0 Å². The number of carbonyl (C=O) groups excluding carboxylic acids is 2. The molecule has 0 aromatic carbocycles. The smallest absolute Gasteiger partial charge is 0.316 e. The van der Waals surface area contributed by atoms with E-state index >= 15 is 0 Å². The molecule has 60 valence electrons. The summed E-state index contributed by atoms with van der Waals surface area (Å²) in [7, 11) is 0. The molecule has 1 atom stereocenters. The number of ether oxygens (including phenoxy) is 1. The fourth-order valence-electron chi connectivity index (χ4n) is 1.07. The van der Waals surface area contributed by atoms with Crippen LogP contribution in [-0.2, 0) is 14.3 Å². The topological polar surface area (TPSA) is 43.4 Å². The molecular weight excluding hydrogens is 144 g/mol. The molecule has 0 radical (unpaired) electrons. The van der Waals surface area contributed by atoms with Gasteiger partial charge in [-0.15, -0.1) is 6.58 Å². The van der Waals surface area contributed by atoms with E-state index in [9.17, 15) is 9.59 Å². The number of esters is 2. The zero-order chi connectivity index (χ0) is 8.27. The summed E-state index contributed by atoms with van der Waals surface area (Å²) in [6, 6.07) is 0. The summed E-state index contributed by atoms with van der Waals surface area (Å²) in [5.74, 6) is -0.957. The summed E-state index contributed by atoms with van der Waals surface area (Å²) in [5, 5.41) is 0. The van der Waals surface area contributed by atoms with Crippen molar-refractivity contribution >= 4 is 11.9 Å². The second-order valence-electron chi connectivity index (χ2n) is 2.55. The number of rotatable bonds is 2. The van der Waals surface area contributed by atoms with Crippen LogP contribution in [0.5, 0.6) is 0 Å². The van der Waals surface area contributed by atoms with Gasteiger partial charge in [0.05, 0.1) is 5.92 Å². The average Bonchev–Trinajstić information content (AvgIpc) is 1.95. The van der Waals surface area contributed by atoms with Crippen molar-refractivity contribution < 1.29 is 14.3 Å². The van der Waals surface area contributed by atoms with Crippen molar-refractivity contribution in [1.82, 2.24) is 0 Å². The predicted octanol–water partition coefficient (Wildman–Crippen LogP) is 1.04. The Bertz CT molecular complexity index is 196. The van der Waals surface area contributed by atoms with E-state index in [1.807, 2.05) is 0 Å². The van der Waals surface area contributed by atoms with Crippen LogP contribution in [0.4, 0.5) is 0 Å². The molecule has 1 saturated heterocycles. The number of carbonyl (C=O) groups is 2. The van der Waals surface area contributed by atoms with Gasteiger partial charge in [-0.05, 0) is 12.8 Å². The van der Waals surface area contributed by atoms with E-state index in [4.69, 9.17) is 0 Å². The van der Waals surface area contributed by atoms with Gasteiger partial charge in [0, 0.05) is 6.42 Å². The zero-order valence-corrected chi connectivity index (χ0v) is 6.21. The molecule has 3 heteroatoms. The van der Waals surface area contributed by atoms with Crippen molar-refractivity contribution in [3.05, 3.63) is 12.7 Å². The summed E-state index contributed by atoms with van der Waals surface area (Å²) in [4.78, 5) is 21.5. The van der Waals surface area contributed by atoms with Crippen LogP contribution in [0.3, 0.4) is 0 Å². The lowest BCUT2D eigenvalue weighted by Gasteiger charge is -2.17. The van der Waals surface area contributed by atoms with E-state index < -0.39 is 11.9 Å². The molecular formula is C8H10O3. The van der Waals surface area contributed by atoms with E-state index in [1.165, 1.54) is 0 Å². The third-order valence-corrected chi connectivity index (χ3v) is 1.70. The molecule has 0 spiro atoms. The van der Waals surface area contributed by atoms with E-state index in [-0.39, 0.29) is 5.92 Å². The number of hydrogen-bond acceptors (Lipinski definition) is 3. The molecule has 1 heterocycles. The minimum atomic E-state index is -0.407. The van der Waals surface area contributed by atoms with Crippen molar-refractivity contribution in [2.75, 3.05) is 0 Å². The van der Waals surface area contributed by atoms with Crippen LogP contribution >= 0.6 is 0 Å². The molecule has 11 heavy (non-hydrogen) atoms. The van der Waals surface area contributed by atoms with Crippen molar-refractivity contribution in [2.45, 2.75) is 19.3 Å². The van der Waals surface area contributed by atoms with Gasteiger partial charge >= 0.3 is 11.9 Å². The van der Waals surface area contributed by atoms with Crippen LogP contribution < -0.4 is 0 Å². The fraction of sp³-hybridized carbons (Fsp3) is 0.500. The van der Waals surface area contributed by atoms with Gasteiger partial charge < -0.3 is 4.74 Å². The summed E-state index contributed by atoms with van der Waals surface area (Å²) < 4.78 is 4.43. The van der Waals surface area contributed by atoms with Crippen molar-refractivity contribution in [3.63, 3.8) is 0 Å². The molecule has 0 aromatic rings. The first kappa shape index (κ1) is 7.98. The largest absolute Gasteiger partial charge is 0.393 e. The molecule has 3 nitrogen and oxygen atoms in total. The zero-order valence-electron chi connectivity index (χ0n) is 6.21. The minimum absolute atomic E-state index is 0.148. The second kappa shape index (κ2) is 3.32. The summed E-state index contributed by atoms with van der Waals surface area (Å²) in [6.45, 7) is 3.52. The number of allylic oxidation sites excluding steroid dienone is 1. The molecule has 1 aliphatic rings. The molecule has 0 aliphatic carbocycles. The predicted molar refractivity (Wildman–Crippen MR) is 38.6 cm³/mol. The van der Waals surface area contributed by atoms with E-state index in [1.54, 1.807) is 6.08 Å². The fourth-order valence-corrected chi connectivity index (χ4v) is 1.07. The highest BCUT2D eigenvalue weighted by Crippen LogP contribution is 2.19. The van der Waals surface area contributed by atoms with Gasteiger partial charge in [-0.2, -0.15) is 0 Å². The Labute approximate surface area is 65.0 Å². The van der Waals surface area contributed by atoms with E-state index in [0.717, 1.165) is 0 Å². The maximum atomic E-state index is 10.9. The van der Waals surface area contributed by atoms with Crippen LogP contribution in [0.15, 0.2) is 12.7 Å². The first-order chi connectivity index (χ1) is 5.24. The van der Waals surface area contributed by atoms with Gasteiger partial charge in [0.2, 0.25) is 0 Å². The summed E-state index contributed by atoms with van der Waals surface area (Å²) in [5.41, 5.74) is 0. The van der Waals surface area contributed by atoms with Crippen molar-refractivity contribution in [2.24, 2.45) is 5.92 Å². The Balaban J connectivity index is 2.50. The summed E-state index contributed by atoms with van der Waals surface area (Å²) in [6.07, 6.45) is 3.22. The quantitative estimate of drug-likeness (QED) is 0.339. The molecule has 1 aliphatic heterocycles. The average molecular weight is 154 g/mol. The highest BCUT2D eigenvalue weighted by Gasteiger charge is 2.27. The first-order valence-corrected chi connectivity index (χ1v) is 3.59. The standard InChI is InChI=1S/C8H10O3/c1-2-3-6-4-5-7(9)11-8(6)10/h2,6H,1,3-5H2. The number of cyclic esters (lactones) is 2. The Kier molecular flexibility index (Phi) is 2.41. The van der Waals surface area contributed by atoms with Gasteiger partial charge in [0.1, 0.15) is 0 Å². The molecule has 1 unspecified atom stereocenters. The minimum Gasteiger partial charge on any atom is -0.393 e. The Morgan fingerprint density at radius 2 is 2.36 bits per heavy atom. The van der Waals surface area contributed by atoms with Crippen molar-refractivity contribution in [3.8, 4) is 0 Å². The molecule has 0 N–H and O–H groups in total. The molecule has 0 aromatic heterocycles. The number of hydrogen-bond donors (Lipinski definition) is 0. The maximum absolute atomic E-state index is 10.9. The molecule has 0 bridgehead atoms. The van der Waals surface area contributed by atoms with Gasteiger partial charge in [0.15, 0.2) is 0 Å². The second-order valence-corrected chi connectivity index (χ2v) is 2.55. The molecule has 0 saturated carbocycles. The first-order valence-electron chi connectivity index (χ1n) is 3.59. The van der Waals surface area contributed by atoms with Gasteiger partial charge in [-0.25, -0.2) is 0 Å². The molecule has 1 fully saturated rings. The maximum Gasteiger partial charge on any atom is 0.316 e. The lowest BCUT2D eigenvalue weighted by molar-refractivity contribution is -0.167. The van der Waals surface area contributed by atoms with Gasteiger partial charge in [0.25, 0.3) is 0 Å². The van der Waals surface area contributed by atoms with Crippen LogP contribution in [0, 0.1) is 5.92 Å². The Morgan fingerprint density at radius 1 is 1.64 bits per heavy atom. The highest BCUT2D eigenvalue weighted by molar-refractivity contribution is 5.89. The van der Waals surface area contributed by atoms with Gasteiger partial charge in [-0.1, -0.05) is 6.08 Å². The monoisotopic (exact) mass is 154 g/mol. The van der Waals surface area contributed by atoms with E-state index in [2.05, 4.69) is 11.3 Å². The van der Waals surface area contributed by atoms with Crippen LogP contribution in [0.1, 0.15) is 19.3 Å². The lowest BCUT2D eigenvalue weighted by atomic mass is 9.98. The van der Waals surface area contributed by atoms with E-state index in [0.29, 0.717) is 19.3 Å². The third-order valence-electron chi connectivity index (χ3n) is 1.70.